The zero-order valence-electron chi connectivity index (χ0n) is 9.75. The van der Waals surface area contributed by atoms with Crippen molar-refractivity contribution in [3.05, 3.63) is 41.9 Å². The Balaban J connectivity index is 1.94. The smallest absolute Gasteiger partial charge is 0.213 e. The number of pyridine rings is 1. The molecule has 0 fully saturated rings. The molecule has 2 rings (SSSR count). The summed E-state index contributed by atoms with van der Waals surface area (Å²) >= 11 is 0. The number of ether oxygens (including phenoxy) is 1. The average Bonchev–Trinajstić information content (AvgIpc) is 2.75. The Kier molecular flexibility index (Phi) is 3.18. The van der Waals surface area contributed by atoms with Crippen LogP contribution in [0.1, 0.15) is 15.9 Å². The minimum atomic E-state index is -0.111. The lowest BCUT2D eigenvalue weighted by Gasteiger charge is -2.03. The van der Waals surface area contributed by atoms with Crippen LogP contribution in [0.2, 0.25) is 0 Å². The lowest BCUT2D eigenvalue weighted by molar-refractivity contribution is 0.0918. The van der Waals surface area contributed by atoms with Crippen molar-refractivity contribution in [3.63, 3.8) is 0 Å². The van der Waals surface area contributed by atoms with E-state index in [1.165, 1.54) is 6.20 Å². The van der Waals surface area contributed by atoms with Gasteiger partial charge < -0.3 is 4.74 Å². The highest BCUT2D eigenvalue weighted by molar-refractivity contribution is 5.96. The second-order valence-corrected chi connectivity index (χ2v) is 3.79. The van der Waals surface area contributed by atoms with E-state index in [1.54, 1.807) is 30.2 Å². The monoisotopic (exact) mass is 231 g/mol. The highest BCUT2D eigenvalue weighted by atomic mass is 16.5. The molecule has 0 spiro atoms. The number of hydrogen-bond donors (Lipinski definition) is 0. The van der Waals surface area contributed by atoms with E-state index in [2.05, 4.69) is 10.1 Å². The molecule has 0 N–H and O–H groups in total. The topological polar surface area (TPSA) is 57.0 Å². The molecule has 0 aliphatic carbocycles. The van der Waals surface area contributed by atoms with E-state index >= 15 is 0 Å². The molecule has 0 radical (unpaired) electrons. The minimum absolute atomic E-state index is 0.0260. The molecule has 0 unspecified atom stereocenters. The number of aromatic nitrogens is 3. The van der Waals surface area contributed by atoms with Crippen LogP contribution in [-0.4, -0.2) is 27.2 Å². The van der Waals surface area contributed by atoms with Crippen molar-refractivity contribution >= 4 is 5.78 Å². The SMILES string of the molecule is Cc1ccc(OCC(=O)c2cnn(C)c2)nc1. The first-order valence-electron chi connectivity index (χ1n) is 5.22. The Morgan fingerprint density at radius 2 is 2.24 bits per heavy atom. The number of ketones is 1. The number of carbonyl (C=O) groups is 1. The van der Waals surface area contributed by atoms with Gasteiger partial charge in [-0.2, -0.15) is 5.10 Å². The van der Waals surface area contributed by atoms with Crippen LogP contribution in [0.25, 0.3) is 0 Å². The second-order valence-electron chi connectivity index (χ2n) is 3.79. The molecule has 0 bridgehead atoms. The summed E-state index contributed by atoms with van der Waals surface area (Å²) in [6, 6.07) is 3.63. The third-order valence-corrected chi connectivity index (χ3v) is 2.26. The maximum absolute atomic E-state index is 11.7. The van der Waals surface area contributed by atoms with Gasteiger partial charge in [0.15, 0.2) is 6.61 Å². The van der Waals surface area contributed by atoms with E-state index < -0.39 is 0 Å². The summed E-state index contributed by atoms with van der Waals surface area (Å²) in [5.41, 5.74) is 1.59. The lowest BCUT2D eigenvalue weighted by atomic mass is 10.2. The molecule has 2 heterocycles. The quantitative estimate of drug-likeness (QED) is 0.746. The Bertz CT molecular complexity index is 517. The van der Waals surface area contributed by atoms with Gasteiger partial charge in [-0.25, -0.2) is 4.98 Å². The van der Waals surface area contributed by atoms with Gasteiger partial charge in [-0.15, -0.1) is 0 Å². The van der Waals surface area contributed by atoms with Gasteiger partial charge in [0.1, 0.15) is 0 Å². The predicted molar refractivity (Wildman–Crippen MR) is 62.0 cm³/mol. The lowest BCUT2D eigenvalue weighted by Crippen LogP contribution is -2.11. The summed E-state index contributed by atoms with van der Waals surface area (Å²) in [6.45, 7) is 1.92. The van der Waals surface area contributed by atoms with Gasteiger partial charge in [-0.05, 0) is 12.5 Å². The minimum Gasteiger partial charge on any atom is -0.469 e. The first-order valence-corrected chi connectivity index (χ1v) is 5.22. The van der Waals surface area contributed by atoms with Gasteiger partial charge in [-0.1, -0.05) is 6.07 Å². The van der Waals surface area contributed by atoms with Crippen LogP contribution in [0.4, 0.5) is 0 Å². The predicted octanol–water partition coefficient (Wildman–Crippen LogP) is 1.39. The third-order valence-electron chi connectivity index (χ3n) is 2.26. The second kappa shape index (κ2) is 4.78. The van der Waals surface area contributed by atoms with Crippen molar-refractivity contribution in [2.75, 3.05) is 6.61 Å². The van der Waals surface area contributed by atoms with E-state index in [0.717, 1.165) is 5.56 Å². The maximum Gasteiger partial charge on any atom is 0.213 e. The molecule has 17 heavy (non-hydrogen) atoms. The summed E-state index contributed by atoms with van der Waals surface area (Å²) in [4.78, 5) is 15.7. The molecule has 2 aromatic heterocycles. The number of carbonyl (C=O) groups excluding carboxylic acids is 1. The third kappa shape index (κ3) is 2.90. The summed E-state index contributed by atoms with van der Waals surface area (Å²) < 4.78 is 6.87. The van der Waals surface area contributed by atoms with E-state index in [-0.39, 0.29) is 12.4 Å². The van der Waals surface area contributed by atoms with Crippen LogP contribution in [0.3, 0.4) is 0 Å². The van der Waals surface area contributed by atoms with Crippen LogP contribution in [0.5, 0.6) is 5.88 Å². The van der Waals surface area contributed by atoms with Gasteiger partial charge >= 0.3 is 0 Å². The van der Waals surface area contributed by atoms with Crippen LogP contribution in [-0.2, 0) is 7.05 Å². The molecule has 5 nitrogen and oxygen atoms in total. The molecule has 5 heteroatoms. The van der Waals surface area contributed by atoms with Crippen LogP contribution in [0, 0.1) is 6.92 Å². The van der Waals surface area contributed by atoms with Crippen LogP contribution in [0.15, 0.2) is 30.7 Å². The number of rotatable bonds is 4. The maximum atomic E-state index is 11.7. The first kappa shape index (κ1) is 11.3. The molecule has 0 saturated heterocycles. The van der Waals surface area contributed by atoms with Crippen molar-refractivity contribution in [2.24, 2.45) is 7.05 Å². The van der Waals surface area contributed by atoms with Crippen molar-refractivity contribution in [1.82, 2.24) is 14.8 Å². The molecule has 88 valence electrons. The van der Waals surface area contributed by atoms with Crippen molar-refractivity contribution in [2.45, 2.75) is 6.92 Å². The molecule has 2 aromatic rings. The van der Waals surface area contributed by atoms with Crippen molar-refractivity contribution in [3.8, 4) is 5.88 Å². The Labute approximate surface area is 99.1 Å². The zero-order chi connectivity index (χ0) is 12.3. The molecule has 0 aliphatic rings. The Morgan fingerprint density at radius 3 is 2.82 bits per heavy atom. The molecular weight excluding hydrogens is 218 g/mol. The van der Waals surface area contributed by atoms with Gasteiger partial charge in [0.05, 0.1) is 11.8 Å². The summed E-state index contributed by atoms with van der Waals surface area (Å²) in [5, 5.41) is 3.93. The zero-order valence-corrected chi connectivity index (χ0v) is 9.75. The average molecular weight is 231 g/mol. The van der Waals surface area contributed by atoms with Crippen molar-refractivity contribution < 1.29 is 9.53 Å². The number of Topliss-reactive ketones (excluding diaryl/α,β-unsaturated/α-hetero) is 1. The van der Waals surface area contributed by atoms with Gasteiger partial charge in [0.2, 0.25) is 11.7 Å². The highest BCUT2D eigenvalue weighted by Crippen LogP contribution is 2.07. The van der Waals surface area contributed by atoms with Gasteiger partial charge in [0, 0.05) is 25.5 Å². The number of nitrogens with zero attached hydrogens (tertiary/aromatic N) is 3. The normalized spacial score (nSPS) is 10.2. The summed E-state index contributed by atoms with van der Waals surface area (Å²) in [7, 11) is 1.76. The fraction of sp³-hybridized carbons (Fsp3) is 0.250. The molecule has 0 atom stereocenters. The largest absolute Gasteiger partial charge is 0.469 e. The molecule has 0 aromatic carbocycles. The highest BCUT2D eigenvalue weighted by Gasteiger charge is 2.09. The standard InChI is InChI=1S/C12H13N3O2/c1-9-3-4-12(13-5-9)17-8-11(16)10-6-14-15(2)7-10/h3-7H,8H2,1-2H3. The van der Waals surface area contributed by atoms with E-state index in [1.807, 2.05) is 13.0 Å². The van der Waals surface area contributed by atoms with E-state index in [4.69, 9.17) is 4.74 Å². The Morgan fingerprint density at radius 1 is 1.41 bits per heavy atom. The van der Waals surface area contributed by atoms with E-state index in [9.17, 15) is 4.79 Å². The fourth-order valence-corrected chi connectivity index (χ4v) is 1.33. The number of aryl methyl sites for hydroxylation is 2. The van der Waals surface area contributed by atoms with Crippen LogP contribution >= 0.6 is 0 Å². The molecule has 0 aliphatic heterocycles. The first-order chi connectivity index (χ1) is 8.15. The van der Waals surface area contributed by atoms with Crippen molar-refractivity contribution in [1.29, 1.82) is 0 Å². The van der Waals surface area contributed by atoms with Gasteiger partial charge in [0.25, 0.3) is 0 Å². The molecular formula is C12H13N3O2. The van der Waals surface area contributed by atoms with E-state index in [0.29, 0.717) is 11.4 Å². The fourth-order valence-electron chi connectivity index (χ4n) is 1.33. The molecule has 0 amide bonds. The summed E-state index contributed by atoms with van der Waals surface area (Å²) in [6.07, 6.45) is 4.88. The Hall–Kier alpha value is -2.17. The number of hydrogen-bond acceptors (Lipinski definition) is 4. The summed E-state index contributed by atoms with van der Waals surface area (Å²) in [5.74, 6) is 0.341. The molecule has 0 saturated carbocycles. The van der Waals surface area contributed by atoms with Gasteiger partial charge in [-0.3, -0.25) is 9.48 Å². The van der Waals surface area contributed by atoms with Crippen LogP contribution < -0.4 is 4.74 Å².